The van der Waals surface area contributed by atoms with Gasteiger partial charge in [0.05, 0.1) is 7.11 Å². The number of nitriles is 1. The third-order valence-electron chi connectivity index (χ3n) is 3.78. The van der Waals surface area contributed by atoms with Gasteiger partial charge in [-0.1, -0.05) is 6.07 Å². The van der Waals surface area contributed by atoms with E-state index in [1.165, 1.54) is 13.2 Å². The molecule has 0 unspecified atom stereocenters. The lowest BCUT2D eigenvalue weighted by Crippen LogP contribution is -2.07. The second-order valence-corrected chi connectivity index (χ2v) is 5.84. The summed E-state index contributed by atoms with van der Waals surface area (Å²) in [5.74, 6) is 1.20. The summed E-state index contributed by atoms with van der Waals surface area (Å²) in [6, 6.07) is 15.9. The molecule has 1 amide bonds. The van der Waals surface area contributed by atoms with Crippen LogP contribution in [-0.2, 0) is 4.79 Å². The van der Waals surface area contributed by atoms with Gasteiger partial charge in [0.1, 0.15) is 11.8 Å². The van der Waals surface area contributed by atoms with Crippen LogP contribution in [0.5, 0.6) is 23.3 Å². The highest BCUT2D eigenvalue weighted by molar-refractivity contribution is 6.02. The van der Waals surface area contributed by atoms with Gasteiger partial charge in [-0.25, -0.2) is 9.97 Å². The number of amides is 1. The number of anilines is 1. The van der Waals surface area contributed by atoms with Crippen LogP contribution >= 0.6 is 0 Å². The molecule has 0 atom stereocenters. The molecule has 150 valence electrons. The molecule has 1 heterocycles. The van der Waals surface area contributed by atoms with E-state index in [1.54, 1.807) is 67.0 Å². The minimum atomic E-state index is -0.293. The second kappa shape index (κ2) is 10.2. The van der Waals surface area contributed by atoms with Gasteiger partial charge in [0, 0.05) is 24.2 Å². The molecule has 0 bridgehead atoms. The van der Waals surface area contributed by atoms with Gasteiger partial charge in [-0.2, -0.15) is 5.26 Å². The van der Waals surface area contributed by atoms with E-state index in [0.29, 0.717) is 22.9 Å². The van der Waals surface area contributed by atoms with Crippen LogP contribution in [0.15, 0.2) is 67.0 Å². The number of hydrogen-bond acceptors (Lipinski definition) is 7. The number of carbonyl (C=O) groups is 1. The molecule has 8 heteroatoms. The fourth-order valence-electron chi connectivity index (χ4n) is 2.42. The van der Waals surface area contributed by atoms with Crippen LogP contribution in [-0.4, -0.2) is 29.6 Å². The summed E-state index contributed by atoms with van der Waals surface area (Å²) in [4.78, 5) is 20.2. The Labute approximate surface area is 173 Å². The molecule has 0 aliphatic rings. The summed E-state index contributed by atoms with van der Waals surface area (Å²) >= 11 is 0. The summed E-state index contributed by atoms with van der Waals surface area (Å²) in [7, 11) is 1.51. The Morgan fingerprint density at radius 3 is 2.60 bits per heavy atom. The summed E-state index contributed by atoms with van der Waals surface area (Å²) in [6.45, 7) is -0.0733. The normalized spacial score (nSPS) is 10.3. The zero-order valence-corrected chi connectivity index (χ0v) is 16.1. The molecule has 0 spiro atoms. The van der Waals surface area contributed by atoms with Gasteiger partial charge in [-0.05, 0) is 54.1 Å². The van der Waals surface area contributed by atoms with Crippen LogP contribution in [0.4, 0.5) is 5.69 Å². The maximum absolute atomic E-state index is 12.2. The molecule has 3 aromatic rings. The Balaban J connectivity index is 1.58. The van der Waals surface area contributed by atoms with Gasteiger partial charge in [-0.3, -0.25) is 4.79 Å². The number of aromatic nitrogens is 2. The van der Waals surface area contributed by atoms with Crippen LogP contribution in [0.3, 0.4) is 0 Å². The topological polar surface area (TPSA) is 106 Å². The lowest BCUT2D eigenvalue weighted by atomic mass is 10.2. The summed E-state index contributed by atoms with van der Waals surface area (Å²) in [6.07, 6.45) is 6.24. The Hall–Kier alpha value is -4.38. The number of hydrogen-bond donors (Lipinski definition) is 1. The quantitative estimate of drug-likeness (QED) is 0.571. The van der Waals surface area contributed by atoms with E-state index < -0.39 is 0 Å². The van der Waals surface area contributed by atoms with E-state index in [9.17, 15) is 4.79 Å². The largest absolute Gasteiger partial charge is 0.493 e. The average Bonchev–Trinajstić information content (AvgIpc) is 2.78. The lowest BCUT2D eigenvalue weighted by Gasteiger charge is -2.08. The highest BCUT2D eigenvalue weighted by Crippen LogP contribution is 2.28. The van der Waals surface area contributed by atoms with Crippen molar-refractivity contribution in [2.24, 2.45) is 0 Å². The van der Waals surface area contributed by atoms with Crippen molar-refractivity contribution in [3.8, 4) is 29.3 Å². The zero-order valence-electron chi connectivity index (χ0n) is 16.1. The first kappa shape index (κ1) is 20.4. The number of ether oxygens (including phenoxy) is 3. The molecule has 2 aromatic carbocycles. The fraction of sp³-hybridized carbons (Fsp3) is 0.0909. The van der Waals surface area contributed by atoms with Crippen molar-refractivity contribution >= 4 is 17.7 Å². The van der Waals surface area contributed by atoms with E-state index >= 15 is 0 Å². The Morgan fingerprint density at radius 1 is 1.13 bits per heavy atom. The molecule has 0 aliphatic heterocycles. The maximum atomic E-state index is 12.2. The predicted molar refractivity (Wildman–Crippen MR) is 110 cm³/mol. The van der Waals surface area contributed by atoms with E-state index in [2.05, 4.69) is 15.3 Å². The van der Waals surface area contributed by atoms with Crippen molar-refractivity contribution in [1.82, 2.24) is 9.97 Å². The lowest BCUT2D eigenvalue weighted by molar-refractivity contribution is -0.111. The smallest absolute Gasteiger partial charge is 0.321 e. The molecule has 0 aliphatic carbocycles. The Bertz CT molecular complexity index is 1060. The van der Waals surface area contributed by atoms with Crippen molar-refractivity contribution in [1.29, 1.82) is 5.26 Å². The standard InChI is InChI=1S/C22H18N4O4/c1-28-20-15-16(3-9-19(20)29-14-11-23)4-10-21(27)26-17-5-7-18(8-6-17)30-22-24-12-2-13-25-22/h2-10,12-13,15H,14H2,1H3,(H,26,27). The SMILES string of the molecule is COc1cc(C=CC(=O)Nc2ccc(Oc3ncccn3)cc2)ccc1OCC#N. The summed E-state index contributed by atoms with van der Waals surface area (Å²) in [5, 5.41) is 11.4. The van der Waals surface area contributed by atoms with Gasteiger partial charge >= 0.3 is 6.01 Å². The van der Waals surface area contributed by atoms with Crippen LogP contribution in [0.25, 0.3) is 6.08 Å². The molecule has 0 saturated heterocycles. The van der Waals surface area contributed by atoms with Crippen molar-refractivity contribution < 1.29 is 19.0 Å². The maximum Gasteiger partial charge on any atom is 0.321 e. The molecule has 1 aromatic heterocycles. The minimum Gasteiger partial charge on any atom is -0.493 e. The third-order valence-corrected chi connectivity index (χ3v) is 3.78. The number of rotatable bonds is 8. The Kier molecular flexibility index (Phi) is 6.95. The van der Waals surface area contributed by atoms with Gasteiger partial charge < -0.3 is 19.5 Å². The van der Waals surface area contributed by atoms with Gasteiger partial charge in [-0.15, -0.1) is 0 Å². The summed E-state index contributed by atoms with van der Waals surface area (Å²) < 4.78 is 16.0. The fourth-order valence-corrected chi connectivity index (χ4v) is 2.42. The first-order chi connectivity index (χ1) is 14.7. The molecule has 8 nitrogen and oxygen atoms in total. The molecular formula is C22H18N4O4. The van der Waals surface area contributed by atoms with Crippen LogP contribution in [0, 0.1) is 11.3 Å². The van der Waals surface area contributed by atoms with Crippen LogP contribution in [0.2, 0.25) is 0 Å². The van der Waals surface area contributed by atoms with E-state index in [0.717, 1.165) is 5.56 Å². The van der Waals surface area contributed by atoms with Gasteiger partial charge in [0.25, 0.3) is 0 Å². The van der Waals surface area contributed by atoms with Gasteiger partial charge in [0.2, 0.25) is 5.91 Å². The van der Waals surface area contributed by atoms with Gasteiger partial charge in [0.15, 0.2) is 18.1 Å². The third kappa shape index (κ3) is 5.81. The van der Waals surface area contributed by atoms with Crippen LogP contribution < -0.4 is 19.5 Å². The van der Waals surface area contributed by atoms with Crippen molar-refractivity contribution in [2.75, 3.05) is 19.0 Å². The number of nitrogens with zero attached hydrogens (tertiary/aromatic N) is 3. The number of nitrogens with one attached hydrogen (secondary N) is 1. The molecule has 30 heavy (non-hydrogen) atoms. The predicted octanol–water partition coefficient (Wildman–Crippen LogP) is 3.83. The van der Waals surface area contributed by atoms with Crippen molar-refractivity contribution in [3.05, 3.63) is 72.6 Å². The molecule has 0 saturated carbocycles. The van der Waals surface area contributed by atoms with Crippen molar-refractivity contribution in [2.45, 2.75) is 0 Å². The summed E-state index contributed by atoms with van der Waals surface area (Å²) in [5.41, 5.74) is 1.36. The minimum absolute atomic E-state index is 0.0733. The van der Waals surface area contributed by atoms with Crippen LogP contribution in [0.1, 0.15) is 5.56 Å². The van der Waals surface area contributed by atoms with E-state index in [1.807, 2.05) is 6.07 Å². The highest BCUT2D eigenvalue weighted by atomic mass is 16.5. The first-order valence-corrected chi connectivity index (χ1v) is 8.90. The number of methoxy groups -OCH3 is 1. The number of benzene rings is 2. The Morgan fingerprint density at radius 2 is 1.90 bits per heavy atom. The molecule has 3 rings (SSSR count). The molecule has 0 radical (unpaired) electrons. The zero-order chi connectivity index (χ0) is 21.2. The molecule has 0 fully saturated rings. The van der Waals surface area contributed by atoms with E-state index in [-0.39, 0.29) is 18.5 Å². The number of carbonyl (C=O) groups excluding carboxylic acids is 1. The average molecular weight is 402 g/mol. The van der Waals surface area contributed by atoms with Crippen molar-refractivity contribution in [3.63, 3.8) is 0 Å². The molecular weight excluding hydrogens is 384 g/mol. The van der Waals surface area contributed by atoms with E-state index in [4.69, 9.17) is 19.5 Å². The highest BCUT2D eigenvalue weighted by Gasteiger charge is 2.05. The monoisotopic (exact) mass is 402 g/mol. The second-order valence-electron chi connectivity index (χ2n) is 5.84. The first-order valence-electron chi connectivity index (χ1n) is 8.90. The molecule has 1 N–H and O–H groups in total.